The zero-order chi connectivity index (χ0) is 10.8. The van der Waals surface area contributed by atoms with Gasteiger partial charge in [0, 0.05) is 4.47 Å². The summed E-state index contributed by atoms with van der Waals surface area (Å²) in [5, 5.41) is 3.20. The topological polar surface area (TPSA) is 42.0 Å². The summed E-state index contributed by atoms with van der Waals surface area (Å²) >= 11 is 10.2. The van der Waals surface area contributed by atoms with E-state index in [4.69, 9.17) is 11.6 Å². The number of amides is 1. The second kappa shape index (κ2) is 4.47. The first-order chi connectivity index (χ1) is 7.19. The molecule has 0 saturated carbocycles. The molecule has 0 spiro atoms. The molecule has 0 saturated heterocycles. The van der Waals surface area contributed by atoms with Crippen molar-refractivity contribution >= 4 is 60.1 Å². The first kappa shape index (κ1) is 10.9. The summed E-state index contributed by atoms with van der Waals surface area (Å²) in [6, 6.07) is 5.79. The van der Waals surface area contributed by atoms with Crippen LogP contribution in [0.4, 0.5) is 5.13 Å². The highest BCUT2D eigenvalue weighted by Crippen LogP contribution is 2.27. The maximum Gasteiger partial charge on any atom is 0.241 e. The first-order valence-corrected chi connectivity index (χ1v) is 6.25. The van der Waals surface area contributed by atoms with E-state index in [1.54, 1.807) is 0 Å². The Labute approximate surface area is 104 Å². The van der Waals surface area contributed by atoms with Crippen molar-refractivity contribution in [3.8, 4) is 0 Å². The van der Waals surface area contributed by atoms with Gasteiger partial charge in [-0.15, -0.1) is 11.6 Å². The fourth-order valence-electron chi connectivity index (χ4n) is 1.11. The molecule has 0 fully saturated rings. The molecular formula is C9H6BrClN2OS. The van der Waals surface area contributed by atoms with Crippen molar-refractivity contribution < 1.29 is 4.79 Å². The average Bonchev–Trinajstić information content (AvgIpc) is 2.59. The fraction of sp³-hybridized carbons (Fsp3) is 0.111. The average molecular weight is 306 g/mol. The quantitative estimate of drug-likeness (QED) is 0.866. The third kappa shape index (κ3) is 2.48. The van der Waals surface area contributed by atoms with Crippen molar-refractivity contribution in [2.24, 2.45) is 0 Å². The molecule has 0 aliphatic carbocycles. The lowest BCUT2D eigenvalue weighted by molar-refractivity contribution is -0.113. The Morgan fingerprint density at radius 2 is 2.40 bits per heavy atom. The molecule has 2 rings (SSSR count). The van der Waals surface area contributed by atoms with E-state index in [0.29, 0.717) is 5.13 Å². The standard InChI is InChI=1S/C9H6BrClN2OS/c10-5-1-2-7-6(3-5)12-9(15-7)13-8(14)4-11/h1-3H,4H2,(H,12,13,14). The number of hydrogen-bond donors (Lipinski definition) is 1. The number of benzene rings is 1. The minimum Gasteiger partial charge on any atom is -0.301 e. The van der Waals surface area contributed by atoms with E-state index < -0.39 is 0 Å². The van der Waals surface area contributed by atoms with Crippen molar-refractivity contribution in [3.05, 3.63) is 22.7 Å². The number of carbonyl (C=O) groups is 1. The van der Waals surface area contributed by atoms with E-state index in [-0.39, 0.29) is 11.8 Å². The van der Waals surface area contributed by atoms with Gasteiger partial charge in [-0.25, -0.2) is 4.98 Å². The fourth-order valence-corrected chi connectivity index (χ4v) is 2.38. The Hall–Kier alpha value is -0.650. The van der Waals surface area contributed by atoms with Crippen LogP contribution in [-0.2, 0) is 4.79 Å². The number of anilines is 1. The highest BCUT2D eigenvalue weighted by molar-refractivity contribution is 9.10. The highest BCUT2D eigenvalue weighted by Gasteiger charge is 2.06. The van der Waals surface area contributed by atoms with Gasteiger partial charge in [-0.1, -0.05) is 27.3 Å². The van der Waals surface area contributed by atoms with Gasteiger partial charge >= 0.3 is 0 Å². The smallest absolute Gasteiger partial charge is 0.241 e. The van der Waals surface area contributed by atoms with Gasteiger partial charge < -0.3 is 5.32 Å². The molecule has 1 aromatic heterocycles. The summed E-state index contributed by atoms with van der Waals surface area (Å²) in [4.78, 5) is 15.3. The van der Waals surface area contributed by atoms with E-state index >= 15 is 0 Å². The lowest BCUT2D eigenvalue weighted by Crippen LogP contribution is -2.11. The predicted molar refractivity (Wildman–Crippen MR) is 66.7 cm³/mol. The molecule has 15 heavy (non-hydrogen) atoms. The van der Waals surface area contributed by atoms with Crippen molar-refractivity contribution in [2.75, 3.05) is 11.2 Å². The highest BCUT2D eigenvalue weighted by atomic mass is 79.9. The number of aromatic nitrogens is 1. The van der Waals surface area contributed by atoms with Crippen LogP contribution in [0.25, 0.3) is 10.2 Å². The second-order valence-electron chi connectivity index (χ2n) is 2.81. The Morgan fingerprint density at radius 1 is 1.60 bits per heavy atom. The summed E-state index contributed by atoms with van der Waals surface area (Å²) in [6.07, 6.45) is 0. The molecule has 0 atom stereocenters. The van der Waals surface area contributed by atoms with Crippen LogP contribution in [0.15, 0.2) is 22.7 Å². The SMILES string of the molecule is O=C(CCl)Nc1nc2cc(Br)ccc2s1. The summed E-state index contributed by atoms with van der Waals surface area (Å²) in [5.74, 6) is -0.297. The Bertz CT molecular complexity index is 514. The molecule has 0 bridgehead atoms. The van der Waals surface area contributed by atoms with Gasteiger partial charge in [-0.2, -0.15) is 0 Å². The van der Waals surface area contributed by atoms with Gasteiger partial charge in [0.15, 0.2) is 5.13 Å². The van der Waals surface area contributed by atoms with Gasteiger partial charge in [-0.05, 0) is 18.2 Å². The zero-order valence-corrected chi connectivity index (χ0v) is 10.6. The number of rotatable bonds is 2. The van der Waals surface area contributed by atoms with Crippen molar-refractivity contribution in [1.82, 2.24) is 4.98 Å². The van der Waals surface area contributed by atoms with E-state index in [2.05, 4.69) is 26.2 Å². The number of nitrogens with one attached hydrogen (secondary N) is 1. The number of thiazole rings is 1. The van der Waals surface area contributed by atoms with E-state index in [1.165, 1.54) is 11.3 Å². The molecule has 1 amide bonds. The minimum absolute atomic E-state index is 0.0559. The molecule has 1 N–H and O–H groups in total. The van der Waals surface area contributed by atoms with Crippen LogP contribution in [0.1, 0.15) is 0 Å². The molecule has 3 nitrogen and oxygen atoms in total. The van der Waals surface area contributed by atoms with Crippen molar-refractivity contribution in [3.63, 3.8) is 0 Å². The number of nitrogens with zero attached hydrogens (tertiary/aromatic N) is 1. The lowest BCUT2D eigenvalue weighted by atomic mass is 10.3. The van der Waals surface area contributed by atoms with Crippen LogP contribution in [0.5, 0.6) is 0 Å². The van der Waals surface area contributed by atoms with Gasteiger partial charge in [0.1, 0.15) is 5.88 Å². The summed E-state index contributed by atoms with van der Waals surface area (Å²) in [5.41, 5.74) is 0.860. The van der Waals surface area contributed by atoms with Crippen LogP contribution in [0.3, 0.4) is 0 Å². The third-order valence-electron chi connectivity index (χ3n) is 1.72. The molecule has 78 valence electrons. The van der Waals surface area contributed by atoms with Gasteiger partial charge in [0.25, 0.3) is 0 Å². The summed E-state index contributed by atoms with van der Waals surface area (Å²) < 4.78 is 2.00. The monoisotopic (exact) mass is 304 g/mol. The van der Waals surface area contributed by atoms with Crippen LogP contribution >= 0.6 is 38.9 Å². The van der Waals surface area contributed by atoms with Crippen LogP contribution in [0.2, 0.25) is 0 Å². The second-order valence-corrected chi connectivity index (χ2v) is 5.03. The van der Waals surface area contributed by atoms with Crippen molar-refractivity contribution in [2.45, 2.75) is 0 Å². The Balaban J connectivity index is 2.34. The zero-order valence-electron chi connectivity index (χ0n) is 7.46. The molecule has 6 heteroatoms. The number of halogens is 2. The van der Waals surface area contributed by atoms with E-state index in [9.17, 15) is 4.79 Å². The summed E-state index contributed by atoms with van der Waals surface area (Å²) in [6.45, 7) is 0. The Morgan fingerprint density at radius 3 is 3.13 bits per heavy atom. The first-order valence-electron chi connectivity index (χ1n) is 4.11. The molecule has 1 heterocycles. The molecule has 0 radical (unpaired) electrons. The molecule has 0 unspecified atom stereocenters. The summed E-state index contributed by atoms with van der Waals surface area (Å²) in [7, 11) is 0. The molecule has 0 aliphatic heterocycles. The van der Waals surface area contributed by atoms with E-state index in [1.807, 2.05) is 18.2 Å². The maximum absolute atomic E-state index is 11.0. The minimum atomic E-state index is -0.241. The molecule has 0 aliphatic rings. The molecule has 1 aromatic carbocycles. The van der Waals surface area contributed by atoms with E-state index in [0.717, 1.165) is 14.7 Å². The lowest BCUT2D eigenvalue weighted by Gasteiger charge is -1.94. The van der Waals surface area contributed by atoms with Gasteiger partial charge in [0.2, 0.25) is 5.91 Å². The van der Waals surface area contributed by atoms with Crippen LogP contribution < -0.4 is 5.32 Å². The predicted octanol–water partition coefficient (Wildman–Crippen LogP) is 3.24. The van der Waals surface area contributed by atoms with Gasteiger partial charge in [0.05, 0.1) is 10.2 Å². The third-order valence-corrected chi connectivity index (χ3v) is 3.41. The molecular weight excluding hydrogens is 300 g/mol. The van der Waals surface area contributed by atoms with Crippen LogP contribution in [-0.4, -0.2) is 16.8 Å². The number of hydrogen-bond acceptors (Lipinski definition) is 3. The number of carbonyl (C=O) groups excluding carboxylic acids is 1. The van der Waals surface area contributed by atoms with Crippen LogP contribution in [0, 0.1) is 0 Å². The van der Waals surface area contributed by atoms with Crippen molar-refractivity contribution in [1.29, 1.82) is 0 Å². The van der Waals surface area contributed by atoms with Gasteiger partial charge in [-0.3, -0.25) is 4.79 Å². The number of fused-ring (bicyclic) bond motifs is 1. The largest absolute Gasteiger partial charge is 0.301 e. The number of alkyl halides is 1. The molecule has 2 aromatic rings. The Kier molecular flexibility index (Phi) is 3.23. The normalized spacial score (nSPS) is 10.5. The maximum atomic E-state index is 11.0.